The number of piperidine rings is 1. The molecule has 1 fully saturated rings. The Hall–Kier alpha value is -2.60. The SMILES string of the molecule is Cc1ccc(Cn2nc(C)c(/C=C/C(=O)N3CCC(C(N)=O)CC3)c2Cl)cc1. The summed E-state index contributed by atoms with van der Waals surface area (Å²) in [4.78, 5) is 25.4. The summed E-state index contributed by atoms with van der Waals surface area (Å²) in [5.74, 6) is -0.513. The summed E-state index contributed by atoms with van der Waals surface area (Å²) in [7, 11) is 0. The lowest BCUT2D eigenvalue weighted by molar-refractivity contribution is -0.130. The lowest BCUT2D eigenvalue weighted by Crippen LogP contribution is -2.41. The van der Waals surface area contributed by atoms with Gasteiger partial charge in [-0.25, -0.2) is 4.68 Å². The number of halogens is 1. The summed E-state index contributed by atoms with van der Waals surface area (Å²) in [5.41, 5.74) is 9.17. The summed E-state index contributed by atoms with van der Waals surface area (Å²) >= 11 is 6.51. The summed E-state index contributed by atoms with van der Waals surface area (Å²) in [6, 6.07) is 8.22. The summed E-state index contributed by atoms with van der Waals surface area (Å²) in [5, 5.41) is 5.01. The highest BCUT2D eigenvalue weighted by atomic mass is 35.5. The van der Waals surface area contributed by atoms with E-state index in [0.717, 1.165) is 16.8 Å². The fraction of sp³-hybridized carbons (Fsp3) is 0.381. The molecule has 0 radical (unpaired) electrons. The van der Waals surface area contributed by atoms with Gasteiger partial charge >= 0.3 is 0 Å². The number of carbonyl (C=O) groups is 2. The van der Waals surface area contributed by atoms with Crippen molar-refractivity contribution in [2.75, 3.05) is 13.1 Å². The van der Waals surface area contributed by atoms with Crippen LogP contribution in [0.25, 0.3) is 6.08 Å². The molecule has 6 nitrogen and oxygen atoms in total. The van der Waals surface area contributed by atoms with Gasteiger partial charge in [-0.2, -0.15) is 5.10 Å². The van der Waals surface area contributed by atoms with Gasteiger partial charge in [-0.15, -0.1) is 0 Å². The highest BCUT2D eigenvalue weighted by Crippen LogP contribution is 2.23. The van der Waals surface area contributed by atoms with Gasteiger partial charge < -0.3 is 10.6 Å². The molecule has 2 amide bonds. The van der Waals surface area contributed by atoms with Crippen molar-refractivity contribution in [1.29, 1.82) is 0 Å². The van der Waals surface area contributed by atoms with Crippen LogP contribution in [-0.2, 0) is 16.1 Å². The molecule has 0 saturated carbocycles. The Balaban J connectivity index is 1.67. The van der Waals surface area contributed by atoms with Gasteiger partial charge in [-0.3, -0.25) is 9.59 Å². The maximum atomic E-state index is 12.5. The van der Waals surface area contributed by atoms with Crippen molar-refractivity contribution in [3.8, 4) is 0 Å². The molecule has 2 heterocycles. The molecule has 0 spiro atoms. The number of hydrogen-bond acceptors (Lipinski definition) is 3. The predicted octanol–water partition coefficient (Wildman–Crippen LogP) is 2.94. The summed E-state index contributed by atoms with van der Waals surface area (Å²) < 4.78 is 1.74. The molecule has 0 unspecified atom stereocenters. The molecule has 2 N–H and O–H groups in total. The first-order chi connectivity index (χ1) is 13.3. The second-order valence-electron chi connectivity index (χ2n) is 7.27. The van der Waals surface area contributed by atoms with Gasteiger partial charge in [0.15, 0.2) is 0 Å². The molecule has 0 bridgehead atoms. The minimum Gasteiger partial charge on any atom is -0.369 e. The number of hydrogen-bond donors (Lipinski definition) is 1. The largest absolute Gasteiger partial charge is 0.369 e. The zero-order chi connectivity index (χ0) is 20.3. The first kappa shape index (κ1) is 20.1. The van der Waals surface area contributed by atoms with Crippen LogP contribution >= 0.6 is 11.6 Å². The fourth-order valence-electron chi connectivity index (χ4n) is 3.37. The molecule has 3 rings (SSSR count). The number of aryl methyl sites for hydroxylation is 2. The number of aromatic nitrogens is 2. The van der Waals surface area contributed by atoms with Gasteiger partial charge in [0.2, 0.25) is 11.8 Å². The van der Waals surface area contributed by atoms with E-state index in [1.54, 1.807) is 15.7 Å². The van der Waals surface area contributed by atoms with Crippen LogP contribution < -0.4 is 5.73 Å². The highest BCUT2D eigenvalue weighted by Gasteiger charge is 2.25. The van der Waals surface area contributed by atoms with Crippen LogP contribution in [0.1, 0.15) is 35.2 Å². The minimum atomic E-state index is -0.286. The number of nitrogens with two attached hydrogens (primary N) is 1. The molecule has 1 aliphatic heterocycles. The minimum absolute atomic E-state index is 0.0929. The van der Waals surface area contributed by atoms with Crippen LogP contribution in [0.3, 0.4) is 0 Å². The Morgan fingerprint density at radius 1 is 1.21 bits per heavy atom. The average molecular weight is 401 g/mol. The molecule has 7 heteroatoms. The Labute approximate surface area is 170 Å². The van der Waals surface area contributed by atoms with Gasteiger partial charge in [0.25, 0.3) is 0 Å². The van der Waals surface area contributed by atoms with Crippen LogP contribution in [0.4, 0.5) is 0 Å². The van der Waals surface area contributed by atoms with E-state index in [4.69, 9.17) is 17.3 Å². The van der Waals surface area contributed by atoms with Crippen LogP contribution in [0.15, 0.2) is 30.3 Å². The molecule has 1 saturated heterocycles. The van der Waals surface area contributed by atoms with E-state index >= 15 is 0 Å². The van der Waals surface area contributed by atoms with Gasteiger partial charge in [0.05, 0.1) is 12.2 Å². The molecule has 1 aromatic carbocycles. The summed E-state index contributed by atoms with van der Waals surface area (Å²) in [6.45, 7) is 5.57. The van der Waals surface area contributed by atoms with Crippen molar-refractivity contribution in [2.24, 2.45) is 11.7 Å². The quantitative estimate of drug-likeness (QED) is 0.783. The third-order valence-corrected chi connectivity index (χ3v) is 5.56. The second kappa shape index (κ2) is 8.61. The average Bonchev–Trinajstić information content (AvgIpc) is 2.94. The third kappa shape index (κ3) is 4.62. The fourth-order valence-corrected chi connectivity index (χ4v) is 3.67. The third-order valence-electron chi connectivity index (χ3n) is 5.16. The number of benzene rings is 1. The van der Waals surface area contributed by atoms with E-state index < -0.39 is 0 Å². The second-order valence-corrected chi connectivity index (χ2v) is 7.63. The molecule has 28 heavy (non-hydrogen) atoms. The van der Waals surface area contributed by atoms with Gasteiger partial charge in [-0.05, 0) is 38.3 Å². The van der Waals surface area contributed by atoms with Crippen molar-refractivity contribution >= 4 is 29.5 Å². The van der Waals surface area contributed by atoms with E-state index in [9.17, 15) is 9.59 Å². The monoisotopic (exact) mass is 400 g/mol. The smallest absolute Gasteiger partial charge is 0.246 e. The number of carbonyl (C=O) groups excluding carboxylic acids is 2. The molecule has 0 aliphatic carbocycles. The number of rotatable bonds is 5. The highest BCUT2D eigenvalue weighted by molar-refractivity contribution is 6.31. The Morgan fingerprint density at radius 2 is 1.86 bits per heavy atom. The Morgan fingerprint density at radius 3 is 2.46 bits per heavy atom. The number of nitrogens with zero attached hydrogens (tertiary/aromatic N) is 3. The lowest BCUT2D eigenvalue weighted by Gasteiger charge is -2.29. The van der Waals surface area contributed by atoms with E-state index in [-0.39, 0.29) is 17.7 Å². The first-order valence-electron chi connectivity index (χ1n) is 9.40. The molecular formula is C21H25ClN4O2. The van der Waals surface area contributed by atoms with E-state index in [0.29, 0.717) is 37.6 Å². The molecule has 1 aliphatic rings. The normalized spacial score (nSPS) is 15.3. The molecule has 2 aromatic rings. The zero-order valence-electron chi connectivity index (χ0n) is 16.2. The number of primary amides is 1. The maximum absolute atomic E-state index is 12.5. The van der Waals surface area contributed by atoms with Crippen LogP contribution in [0, 0.1) is 19.8 Å². The number of amides is 2. The first-order valence-corrected chi connectivity index (χ1v) is 9.77. The Bertz CT molecular complexity index is 894. The maximum Gasteiger partial charge on any atom is 0.246 e. The molecule has 1 aromatic heterocycles. The molecular weight excluding hydrogens is 376 g/mol. The van der Waals surface area contributed by atoms with Crippen LogP contribution in [0.2, 0.25) is 5.15 Å². The topological polar surface area (TPSA) is 81.2 Å². The van der Waals surface area contributed by atoms with Crippen molar-refractivity contribution in [3.05, 3.63) is 57.9 Å². The predicted molar refractivity (Wildman–Crippen MR) is 110 cm³/mol. The van der Waals surface area contributed by atoms with Gasteiger partial charge in [-0.1, -0.05) is 41.4 Å². The van der Waals surface area contributed by atoms with E-state index in [2.05, 4.69) is 29.4 Å². The standard InChI is InChI=1S/C21H25ClN4O2/c1-14-3-5-16(6-4-14)13-26-20(22)18(15(2)24-26)7-8-19(27)25-11-9-17(10-12-25)21(23)28/h3-8,17H,9-13H2,1-2H3,(H2,23,28)/b8-7+. The van der Waals surface area contributed by atoms with Crippen molar-refractivity contribution in [3.63, 3.8) is 0 Å². The molecule has 148 valence electrons. The van der Waals surface area contributed by atoms with Crippen LogP contribution in [0.5, 0.6) is 0 Å². The van der Waals surface area contributed by atoms with Crippen molar-refractivity contribution < 1.29 is 9.59 Å². The van der Waals surface area contributed by atoms with E-state index in [1.807, 2.05) is 13.8 Å². The lowest BCUT2D eigenvalue weighted by atomic mass is 9.96. The number of likely N-dealkylation sites (tertiary alicyclic amines) is 1. The van der Waals surface area contributed by atoms with Crippen molar-refractivity contribution in [1.82, 2.24) is 14.7 Å². The summed E-state index contributed by atoms with van der Waals surface area (Å²) in [6.07, 6.45) is 4.47. The van der Waals surface area contributed by atoms with Gasteiger partial charge in [0.1, 0.15) is 5.15 Å². The van der Waals surface area contributed by atoms with E-state index in [1.165, 1.54) is 11.6 Å². The van der Waals surface area contributed by atoms with Crippen LogP contribution in [-0.4, -0.2) is 39.6 Å². The zero-order valence-corrected chi connectivity index (χ0v) is 16.9. The van der Waals surface area contributed by atoms with Crippen molar-refractivity contribution in [2.45, 2.75) is 33.2 Å². The molecule has 0 atom stereocenters. The van der Waals surface area contributed by atoms with Gasteiger partial charge in [0, 0.05) is 30.6 Å². The Kier molecular flexibility index (Phi) is 6.19.